The Balaban J connectivity index is 2.62. The first-order valence-electron chi connectivity index (χ1n) is 7.72. The first-order valence-corrected chi connectivity index (χ1v) is 7.72. The minimum Gasteiger partial charge on any atom is -0.468 e. The lowest BCUT2D eigenvalue weighted by Gasteiger charge is -2.30. The summed E-state index contributed by atoms with van der Waals surface area (Å²) in [5.74, 6) is -0.749. The number of carbonyl (C=O) groups excluding carboxylic acids is 3. The van der Waals surface area contributed by atoms with Gasteiger partial charge in [-0.05, 0) is 25.2 Å². The summed E-state index contributed by atoms with van der Waals surface area (Å²) < 4.78 is 4.50. The minimum absolute atomic E-state index is 0.110. The molecular weight excluding hydrogens is 272 g/mol. The molecule has 0 aromatic rings. The minimum atomic E-state index is -0.547. The van der Waals surface area contributed by atoms with Crippen LogP contribution in [-0.2, 0) is 19.1 Å². The molecule has 2 N–H and O–H groups in total. The number of esters is 1. The van der Waals surface area contributed by atoms with Crippen molar-refractivity contribution >= 4 is 17.8 Å². The van der Waals surface area contributed by atoms with E-state index >= 15 is 0 Å². The zero-order chi connectivity index (χ0) is 15.7. The fourth-order valence-electron chi connectivity index (χ4n) is 2.68. The van der Waals surface area contributed by atoms with Crippen molar-refractivity contribution in [2.45, 2.75) is 57.9 Å². The van der Waals surface area contributed by atoms with Crippen LogP contribution in [0.2, 0.25) is 0 Å². The molecule has 0 aromatic heterocycles. The van der Waals surface area contributed by atoms with E-state index in [9.17, 15) is 14.4 Å². The Bertz CT molecular complexity index is 365. The third kappa shape index (κ3) is 6.14. The molecule has 1 atom stereocenters. The smallest absolute Gasteiger partial charge is 0.325 e. The quantitative estimate of drug-likeness (QED) is 0.690. The lowest BCUT2D eigenvalue weighted by Crippen LogP contribution is -2.52. The second-order valence-electron chi connectivity index (χ2n) is 5.49. The van der Waals surface area contributed by atoms with Crippen molar-refractivity contribution in [3.63, 3.8) is 0 Å². The number of hydrogen-bond donors (Lipinski definition) is 2. The van der Waals surface area contributed by atoms with E-state index in [-0.39, 0.29) is 24.3 Å². The molecule has 21 heavy (non-hydrogen) atoms. The summed E-state index contributed by atoms with van der Waals surface area (Å²) >= 11 is 0. The topological polar surface area (TPSA) is 84.5 Å². The standard InChI is InChI=1S/C15H26N2O4/c1-3-7-12(18)17-14(11-8-5-4-6-9-11)15(20)16-10-13(19)21-2/h11,14H,3-10H2,1-2H3,(H,16,20)(H,17,18). The number of rotatable bonds is 7. The molecule has 6 heteroatoms. The molecule has 1 rings (SSSR count). The zero-order valence-corrected chi connectivity index (χ0v) is 12.9. The highest BCUT2D eigenvalue weighted by Gasteiger charge is 2.30. The van der Waals surface area contributed by atoms with Gasteiger partial charge in [-0.25, -0.2) is 0 Å². The van der Waals surface area contributed by atoms with Crippen molar-refractivity contribution in [3.05, 3.63) is 0 Å². The van der Waals surface area contributed by atoms with Gasteiger partial charge in [0.05, 0.1) is 7.11 Å². The predicted molar refractivity (Wildman–Crippen MR) is 78.4 cm³/mol. The van der Waals surface area contributed by atoms with Gasteiger partial charge in [-0.3, -0.25) is 14.4 Å². The molecular formula is C15H26N2O4. The Labute approximate surface area is 126 Å². The molecule has 1 fully saturated rings. The van der Waals surface area contributed by atoms with Gasteiger partial charge in [-0.15, -0.1) is 0 Å². The first-order chi connectivity index (χ1) is 10.1. The Morgan fingerprint density at radius 3 is 2.43 bits per heavy atom. The zero-order valence-electron chi connectivity index (χ0n) is 12.9. The van der Waals surface area contributed by atoms with Crippen molar-refractivity contribution in [1.82, 2.24) is 10.6 Å². The van der Waals surface area contributed by atoms with Crippen LogP contribution in [0.5, 0.6) is 0 Å². The van der Waals surface area contributed by atoms with E-state index < -0.39 is 12.0 Å². The Morgan fingerprint density at radius 1 is 1.19 bits per heavy atom. The molecule has 1 saturated carbocycles. The number of hydrogen-bond acceptors (Lipinski definition) is 4. The molecule has 120 valence electrons. The Morgan fingerprint density at radius 2 is 1.86 bits per heavy atom. The van der Waals surface area contributed by atoms with Crippen LogP contribution in [0.1, 0.15) is 51.9 Å². The van der Waals surface area contributed by atoms with E-state index in [0.717, 1.165) is 32.1 Å². The van der Waals surface area contributed by atoms with Gasteiger partial charge in [-0.2, -0.15) is 0 Å². The van der Waals surface area contributed by atoms with E-state index in [1.165, 1.54) is 13.5 Å². The van der Waals surface area contributed by atoms with Crippen LogP contribution in [0, 0.1) is 5.92 Å². The van der Waals surface area contributed by atoms with Gasteiger partial charge < -0.3 is 15.4 Å². The van der Waals surface area contributed by atoms with Crippen molar-refractivity contribution in [2.24, 2.45) is 5.92 Å². The van der Waals surface area contributed by atoms with Gasteiger partial charge in [-0.1, -0.05) is 26.2 Å². The van der Waals surface area contributed by atoms with Crippen LogP contribution in [0.15, 0.2) is 0 Å². The molecule has 0 spiro atoms. The number of methoxy groups -OCH3 is 1. The summed E-state index contributed by atoms with van der Waals surface area (Å²) in [5.41, 5.74) is 0. The van der Waals surface area contributed by atoms with Crippen LogP contribution < -0.4 is 10.6 Å². The summed E-state index contributed by atoms with van der Waals surface area (Å²) in [6.45, 7) is 1.76. The monoisotopic (exact) mass is 298 g/mol. The van der Waals surface area contributed by atoms with Crippen LogP contribution in [0.3, 0.4) is 0 Å². The van der Waals surface area contributed by atoms with E-state index in [2.05, 4.69) is 15.4 Å². The van der Waals surface area contributed by atoms with Gasteiger partial charge in [0, 0.05) is 6.42 Å². The first kappa shape index (κ1) is 17.5. The van der Waals surface area contributed by atoms with Crippen molar-refractivity contribution < 1.29 is 19.1 Å². The van der Waals surface area contributed by atoms with E-state index in [1.54, 1.807) is 0 Å². The second-order valence-corrected chi connectivity index (χ2v) is 5.49. The van der Waals surface area contributed by atoms with Crippen molar-refractivity contribution in [3.8, 4) is 0 Å². The van der Waals surface area contributed by atoms with Crippen molar-refractivity contribution in [2.75, 3.05) is 13.7 Å². The molecule has 0 aliphatic heterocycles. The van der Waals surface area contributed by atoms with Gasteiger partial charge in [0.25, 0.3) is 0 Å². The molecule has 0 saturated heterocycles. The summed E-state index contributed by atoms with van der Waals surface area (Å²) in [6.07, 6.45) is 6.35. The highest BCUT2D eigenvalue weighted by Crippen LogP contribution is 2.26. The maximum absolute atomic E-state index is 12.3. The molecule has 0 radical (unpaired) electrons. The largest absolute Gasteiger partial charge is 0.468 e. The number of carbonyl (C=O) groups is 3. The van der Waals surface area contributed by atoms with Gasteiger partial charge in [0.1, 0.15) is 12.6 Å². The number of ether oxygens (including phenoxy) is 1. The highest BCUT2D eigenvalue weighted by atomic mass is 16.5. The molecule has 1 unspecified atom stereocenters. The maximum Gasteiger partial charge on any atom is 0.325 e. The van der Waals surface area contributed by atoms with Crippen LogP contribution in [0.25, 0.3) is 0 Å². The summed E-state index contributed by atoms with van der Waals surface area (Å²) in [5, 5.41) is 5.38. The average Bonchev–Trinajstić information content (AvgIpc) is 2.51. The molecule has 6 nitrogen and oxygen atoms in total. The van der Waals surface area contributed by atoms with Gasteiger partial charge in [0.15, 0.2) is 0 Å². The number of nitrogens with one attached hydrogen (secondary N) is 2. The summed E-state index contributed by atoms with van der Waals surface area (Å²) in [7, 11) is 1.27. The molecule has 0 aromatic carbocycles. The van der Waals surface area contributed by atoms with Crippen molar-refractivity contribution in [1.29, 1.82) is 0 Å². The summed E-state index contributed by atoms with van der Waals surface area (Å²) in [6, 6.07) is -0.547. The molecule has 1 aliphatic carbocycles. The van der Waals surface area contributed by atoms with E-state index in [0.29, 0.717) is 6.42 Å². The fourth-order valence-corrected chi connectivity index (χ4v) is 2.68. The van der Waals surface area contributed by atoms with E-state index in [1.807, 2.05) is 6.92 Å². The number of amides is 2. The Kier molecular flexibility index (Phi) is 7.79. The van der Waals surface area contributed by atoms with Gasteiger partial charge >= 0.3 is 5.97 Å². The third-order valence-corrected chi connectivity index (χ3v) is 3.83. The molecule has 0 heterocycles. The average molecular weight is 298 g/mol. The lowest BCUT2D eigenvalue weighted by atomic mass is 9.83. The normalized spacial score (nSPS) is 16.9. The fraction of sp³-hybridized carbons (Fsp3) is 0.800. The lowest BCUT2D eigenvalue weighted by molar-refractivity contribution is -0.141. The third-order valence-electron chi connectivity index (χ3n) is 3.83. The van der Waals surface area contributed by atoms with E-state index in [4.69, 9.17) is 0 Å². The maximum atomic E-state index is 12.3. The predicted octanol–water partition coefficient (Wildman–Crippen LogP) is 1.14. The molecule has 2 amide bonds. The molecule has 0 bridgehead atoms. The van der Waals surface area contributed by atoms with Crippen LogP contribution >= 0.6 is 0 Å². The highest BCUT2D eigenvalue weighted by molar-refractivity contribution is 5.89. The van der Waals surface area contributed by atoms with Crippen LogP contribution in [-0.4, -0.2) is 37.5 Å². The Hall–Kier alpha value is -1.59. The van der Waals surface area contributed by atoms with Gasteiger partial charge in [0.2, 0.25) is 11.8 Å². The summed E-state index contributed by atoms with van der Waals surface area (Å²) in [4.78, 5) is 35.2. The van der Waals surface area contributed by atoms with Crippen LogP contribution in [0.4, 0.5) is 0 Å². The second kappa shape index (κ2) is 9.37. The molecule has 1 aliphatic rings. The SMILES string of the molecule is CCCC(=O)NC(C(=O)NCC(=O)OC)C1CCCCC1.